The van der Waals surface area contributed by atoms with Gasteiger partial charge in [0.05, 0.1) is 52.4 Å². The number of nitrogens with zero attached hydrogens (tertiary/aromatic N) is 2. The van der Waals surface area contributed by atoms with E-state index in [1.807, 2.05) is 0 Å². The molecule has 0 heterocycles. The Labute approximate surface area is 263 Å². The predicted octanol–water partition coefficient (Wildman–Crippen LogP) is 7.13. The SMILES string of the molecule is CC(C(=O)[O-])C(=O)[O-].CCCC[N+](CCCC)(CCCC)CCCC.CCCC[N+](CCCC)(CCCC)CCCC. The summed E-state index contributed by atoms with van der Waals surface area (Å²) in [5, 5.41) is 19.2. The minimum absolute atomic E-state index is 0.991. The van der Waals surface area contributed by atoms with E-state index in [2.05, 4.69) is 55.4 Å². The molecule has 0 saturated heterocycles. The van der Waals surface area contributed by atoms with Crippen LogP contribution in [0.3, 0.4) is 0 Å². The van der Waals surface area contributed by atoms with Crippen LogP contribution >= 0.6 is 0 Å². The Kier molecular flexibility index (Phi) is 33.7. The van der Waals surface area contributed by atoms with Gasteiger partial charge in [-0.15, -0.1) is 0 Å². The van der Waals surface area contributed by atoms with Crippen molar-refractivity contribution in [3.8, 4) is 0 Å². The quantitative estimate of drug-likeness (QED) is 0.0781. The zero-order valence-corrected chi connectivity index (χ0v) is 30.1. The first-order valence-corrected chi connectivity index (χ1v) is 18.2. The number of quaternary nitrogens is 2. The predicted molar refractivity (Wildman–Crippen MR) is 178 cm³/mol. The lowest BCUT2D eigenvalue weighted by molar-refractivity contribution is -0.929. The van der Waals surface area contributed by atoms with Crippen LogP contribution in [-0.4, -0.2) is 73.3 Å². The first-order chi connectivity index (χ1) is 20.0. The summed E-state index contributed by atoms with van der Waals surface area (Å²) >= 11 is 0. The third kappa shape index (κ3) is 25.4. The Hall–Kier alpha value is -1.14. The summed E-state index contributed by atoms with van der Waals surface area (Å²) < 4.78 is 2.84. The fourth-order valence-corrected chi connectivity index (χ4v) is 5.39. The first kappa shape index (κ1) is 45.3. The van der Waals surface area contributed by atoms with Gasteiger partial charge < -0.3 is 28.8 Å². The van der Waals surface area contributed by atoms with Gasteiger partial charge in [0.25, 0.3) is 0 Å². The van der Waals surface area contributed by atoms with Gasteiger partial charge >= 0.3 is 0 Å². The number of unbranched alkanes of at least 4 members (excludes halogenated alkanes) is 8. The molecule has 0 fully saturated rings. The molecule has 0 aromatic rings. The summed E-state index contributed by atoms with van der Waals surface area (Å²) in [5.41, 5.74) is 0. The van der Waals surface area contributed by atoms with Crippen molar-refractivity contribution >= 4 is 11.9 Å². The van der Waals surface area contributed by atoms with E-state index in [-0.39, 0.29) is 0 Å². The van der Waals surface area contributed by atoms with Crippen molar-refractivity contribution < 1.29 is 28.8 Å². The second-order valence-electron chi connectivity index (χ2n) is 12.7. The number of carboxylic acid groups (broad SMARTS) is 2. The molecule has 0 bridgehead atoms. The monoisotopic (exact) mass is 601 g/mol. The molecule has 0 aromatic heterocycles. The minimum Gasteiger partial charge on any atom is -0.549 e. The maximum Gasteiger partial charge on any atom is 0.0786 e. The molecule has 0 aromatic carbocycles. The molecule has 0 amide bonds. The lowest BCUT2D eigenvalue weighted by Crippen LogP contribution is -2.50. The first-order valence-electron chi connectivity index (χ1n) is 18.2. The average molecular weight is 601 g/mol. The molecule has 0 spiro atoms. The van der Waals surface area contributed by atoms with Crippen molar-refractivity contribution in [2.75, 3.05) is 52.4 Å². The van der Waals surface area contributed by atoms with Gasteiger partial charge in [0.15, 0.2) is 0 Å². The summed E-state index contributed by atoms with van der Waals surface area (Å²) in [6.07, 6.45) is 22.1. The van der Waals surface area contributed by atoms with Gasteiger partial charge in [-0.2, -0.15) is 0 Å². The van der Waals surface area contributed by atoms with Crippen molar-refractivity contribution in [1.29, 1.82) is 0 Å². The largest absolute Gasteiger partial charge is 0.549 e. The van der Waals surface area contributed by atoms with Crippen LogP contribution in [0, 0.1) is 5.92 Å². The van der Waals surface area contributed by atoms with Crippen molar-refractivity contribution in [3.05, 3.63) is 0 Å². The zero-order chi connectivity index (χ0) is 32.7. The second-order valence-corrected chi connectivity index (χ2v) is 12.7. The van der Waals surface area contributed by atoms with Gasteiger partial charge in [0, 0.05) is 17.9 Å². The molecular weight excluding hydrogens is 524 g/mol. The van der Waals surface area contributed by atoms with Gasteiger partial charge in [-0.25, -0.2) is 0 Å². The molecular formula is C36H76N2O4. The van der Waals surface area contributed by atoms with Crippen LogP contribution in [0.5, 0.6) is 0 Å². The molecule has 0 aliphatic carbocycles. The highest BCUT2D eigenvalue weighted by molar-refractivity contribution is 5.90. The topological polar surface area (TPSA) is 80.3 Å². The summed E-state index contributed by atoms with van der Waals surface area (Å²) in [6, 6.07) is 0. The van der Waals surface area contributed by atoms with E-state index in [1.54, 1.807) is 0 Å². The highest BCUT2D eigenvalue weighted by Crippen LogP contribution is 2.17. The number of aliphatic carboxylic acids is 2. The molecule has 0 aliphatic heterocycles. The molecule has 0 N–H and O–H groups in total. The molecule has 0 aliphatic rings. The fraction of sp³-hybridized carbons (Fsp3) is 0.944. The number of carboxylic acids is 2. The van der Waals surface area contributed by atoms with E-state index in [0.29, 0.717) is 0 Å². The van der Waals surface area contributed by atoms with E-state index < -0.39 is 17.9 Å². The Balaban J connectivity index is -0.000000579. The van der Waals surface area contributed by atoms with Gasteiger partial charge in [-0.1, -0.05) is 114 Å². The van der Waals surface area contributed by atoms with E-state index in [4.69, 9.17) is 0 Å². The van der Waals surface area contributed by atoms with Crippen molar-refractivity contribution in [3.63, 3.8) is 0 Å². The highest BCUT2D eigenvalue weighted by atomic mass is 16.4. The smallest absolute Gasteiger partial charge is 0.0786 e. The van der Waals surface area contributed by atoms with Crippen LogP contribution < -0.4 is 10.2 Å². The van der Waals surface area contributed by atoms with Crippen LogP contribution in [-0.2, 0) is 9.59 Å². The zero-order valence-electron chi connectivity index (χ0n) is 30.1. The lowest BCUT2D eigenvalue weighted by atomic mass is 10.1. The molecule has 6 heteroatoms. The fourth-order valence-electron chi connectivity index (χ4n) is 5.39. The molecule has 6 nitrogen and oxygen atoms in total. The van der Waals surface area contributed by atoms with E-state index in [0.717, 1.165) is 6.92 Å². The Bertz CT molecular complexity index is 472. The number of carbonyl (C=O) groups excluding carboxylic acids is 2. The maximum absolute atomic E-state index is 9.61. The lowest BCUT2D eigenvalue weighted by Gasteiger charge is -2.39. The molecule has 0 rings (SSSR count). The Morgan fingerprint density at radius 3 is 0.619 bits per heavy atom. The highest BCUT2D eigenvalue weighted by Gasteiger charge is 2.25. The Morgan fingerprint density at radius 1 is 0.405 bits per heavy atom. The van der Waals surface area contributed by atoms with Gasteiger partial charge in [-0.3, -0.25) is 0 Å². The summed E-state index contributed by atoms with van der Waals surface area (Å²) in [6.45, 7) is 31.0. The standard InChI is InChI=1S/2C16H36N.C4H6O4/c2*1-5-9-13-17(14-10-6-2,15-11-7-3)16-12-8-4;1-2(3(5)6)4(7)8/h2*5-16H2,1-4H3;2H,1H3,(H,5,6)(H,7,8)/q2*+1;/p-2. The van der Waals surface area contributed by atoms with Gasteiger partial charge in [0.2, 0.25) is 0 Å². The van der Waals surface area contributed by atoms with Crippen LogP contribution in [0.15, 0.2) is 0 Å². The molecule has 254 valence electrons. The van der Waals surface area contributed by atoms with E-state index in [9.17, 15) is 19.8 Å². The van der Waals surface area contributed by atoms with Crippen molar-refractivity contribution in [1.82, 2.24) is 0 Å². The summed E-state index contributed by atoms with van der Waals surface area (Å²) in [4.78, 5) is 19.2. The van der Waals surface area contributed by atoms with E-state index >= 15 is 0 Å². The normalized spacial score (nSPS) is 11.5. The summed E-state index contributed by atoms with van der Waals surface area (Å²) in [7, 11) is 0. The number of carbonyl (C=O) groups is 2. The number of rotatable bonds is 26. The third-order valence-electron chi connectivity index (χ3n) is 8.60. The molecule has 0 unspecified atom stereocenters. The molecule has 0 radical (unpaired) electrons. The number of hydrogen-bond donors (Lipinski definition) is 0. The van der Waals surface area contributed by atoms with E-state index in [1.165, 1.54) is 164 Å². The minimum atomic E-state index is -1.62. The molecule has 0 atom stereocenters. The van der Waals surface area contributed by atoms with Crippen LogP contribution in [0.2, 0.25) is 0 Å². The summed E-state index contributed by atoms with van der Waals surface area (Å²) in [5.74, 6) is -4.76. The average Bonchev–Trinajstić information content (AvgIpc) is 2.99. The van der Waals surface area contributed by atoms with Gasteiger partial charge in [0.1, 0.15) is 0 Å². The van der Waals surface area contributed by atoms with Crippen LogP contribution in [0.25, 0.3) is 0 Å². The van der Waals surface area contributed by atoms with Crippen molar-refractivity contribution in [2.45, 2.75) is 165 Å². The number of hydrogen-bond acceptors (Lipinski definition) is 4. The second kappa shape index (κ2) is 31.3. The van der Waals surface area contributed by atoms with Crippen LogP contribution in [0.4, 0.5) is 0 Å². The van der Waals surface area contributed by atoms with Crippen LogP contribution in [0.1, 0.15) is 165 Å². The maximum atomic E-state index is 9.61. The Morgan fingerprint density at radius 2 is 0.548 bits per heavy atom. The molecule has 42 heavy (non-hydrogen) atoms. The van der Waals surface area contributed by atoms with Crippen molar-refractivity contribution in [2.24, 2.45) is 5.92 Å². The molecule has 0 saturated carbocycles. The third-order valence-corrected chi connectivity index (χ3v) is 8.60. The van der Waals surface area contributed by atoms with Gasteiger partial charge in [-0.05, 0) is 51.4 Å².